The Morgan fingerprint density at radius 2 is 2.17 bits per heavy atom. The Bertz CT molecular complexity index is 648. The zero-order chi connectivity index (χ0) is 13.1. The minimum absolute atomic E-state index is 0.202. The van der Waals surface area contributed by atoms with Crippen molar-refractivity contribution in [3.05, 3.63) is 49.6 Å². The summed E-state index contributed by atoms with van der Waals surface area (Å²) in [6.07, 6.45) is 0. The van der Waals surface area contributed by atoms with Crippen molar-refractivity contribution in [1.29, 1.82) is 5.26 Å². The fourth-order valence-electron chi connectivity index (χ4n) is 1.31. The number of nitriles is 1. The van der Waals surface area contributed by atoms with Crippen molar-refractivity contribution >= 4 is 50.5 Å². The third-order valence-electron chi connectivity index (χ3n) is 2.14. The molecule has 1 heterocycles. The Morgan fingerprint density at radius 1 is 1.39 bits per heavy atom. The minimum atomic E-state index is -0.202. The summed E-state index contributed by atoms with van der Waals surface area (Å²) in [5, 5.41) is 11.8. The average molecular weight is 342 g/mol. The van der Waals surface area contributed by atoms with Gasteiger partial charge in [0.2, 0.25) is 0 Å². The highest BCUT2D eigenvalue weighted by Gasteiger charge is 2.09. The van der Waals surface area contributed by atoms with Crippen LogP contribution in [0.15, 0.2) is 34.1 Å². The molecular formula is C12H6BrClN2OS. The summed E-state index contributed by atoms with van der Waals surface area (Å²) in [4.78, 5) is 12.5. The first-order chi connectivity index (χ1) is 8.60. The van der Waals surface area contributed by atoms with Crippen LogP contribution in [0.3, 0.4) is 0 Å². The molecule has 1 amide bonds. The maximum atomic E-state index is 11.9. The molecule has 0 saturated heterocycles. The van der Waals surface area contributed by atoms with E-state index in [-0.39, 0.29) is 5.91 Å². The van der Waals surface area contributed by atoms with Gasteiger partial charge in [0.15, 0.2) is 0 Å². The molecule has 0 spiro atoms. The van der Waals surface area contributed by atoms with Gasteiger partial charge in [-0.1, -0.05) is 11.6 Å². The number of nitrogens with zero attached hydrogens (tertiary/aromatic N) is 1. The smallest absolute Gasteiger partial charge is 0.265 e. The quantitative estimate of drug-likeness (QED) is 0.886. The summed E-state index contributed by atoms with van der Waals surface area (Å²) >= 11 is 10.5. The molecule has 18 heavy (non-hydrogen) atoms. The molecule has 1 aromatic heterocycles. The van der Waals surface area contributed by atoms with E-state index in [1.165, 1.54) is 11.3 Å². The molecule has 0 aliphatic heterocycles. The number of carbonyl (C=O) groups is 1. The van der Waals surface area contributed by atoms with E-state index in [1.54, 1.807) is 24.3 Å². The van der Waals surface area contributed by atoms with Crippen LogP contribution in [0.1, 0.15) is 15.2 Å². The van der Waals surface area contributed by atoms with Gasteiger partial charge < -0.3 is 5.32 Å². The summed E-state index contributed by atoms with van der Waals surface area (Å²) in [5.74, 6) is -0.202. The lowest BCUT2D eigenvalue weighted by atomic mass is 10.2. The summed E-state index contributed by atoms with van der Waals surface area (Å²) in [6.45, 7) is 0. The van der Waals surface area contributed by atoms with E-state index in [0.717, 1.165) is 3.79 Å². The van der Waals surface area contributed by atoms with Crippen molar-refractivity contribution < 1.29 is 4.79 Å². The van der Waals surface area contributed by atoms with Crippen LogP contribution in [-0.2, 0) is 0 Å². The van der Waals surface area contributed by atoms with E-state index in [2.05, 4.69) is 21.2 Å². The SMILES string of the molecule is N#Cc1ccc(NC(=O)c2ccc(Br)s2)cc1Cl. The second-order valence-corrected chi connectivity index (χ2v) is 6.23. The van der Waals surface area contributed by atoms with Crippen molar-refractivity contribution in [1.82, 2.24) is 0 Å². The normalized spacial score (nSPS) is 9.83. The third kappa shape index (κ3) is 2.91. The molecule has 0 unspecified atom stereocenters. The summed E-state index contributed by atoms with van der Waals surface area (Å²) in [7, 11) is 0. The summed E-state index contributed by atoms with van der Waals surface area (Å²) in [6, 6.07) is 10.3. The average Bonchev–Trinajstić information content (AvgIpc) is 2.76. The molecule has 2 rings (SSSR count). The minimum Gasteiger partial charge on any atom is -0.321 e. The number of amides is 1. The van der Waals surface area contributed by atoms with Gasteiger partial charge in [-0.2, -0.15) is 5.26 Å². The first kappa shape index (κ1) is 13.1. The van der Waals surface area contributed by atoms with Crippen molar-refractivity contribution in [3.63, 3.8) is 0 Å². The molecule has 0 aliphatic carbocycles. The van der Waals surface area contributed by atoms with E-state index >= 15 is 0 Å². The highest BCUT2D eigenvalue weighted by molar-refractivity contribution is 9.11. The van der Waals surface area contributed by atoms with Crippen LogP contribution in [-0.4, -0.2) is 5.91 Å². The fourth-order valence-corrected chi connectivity index (χ4v) is 2.82. The van der Waals surface area contributed by atoms with Gasteiger partial charge in [0.05, 0.1) is 19.2 Å². The summed E-state index contributed by atoms with van der Waals surface area (Å²) in [5.41, 5.74) is 0.946. The number of hydrogen-bond donors (Lipinski definition) is 1. The van der Waals surface area contributed by atoms with Crippen molar-refractivity contribution in [2.45, 2.75) is 0 Å². The largest absolute Gasteiger partial charge is 0.321 e. The van der Waals surface area contributed by atoms with Crippen molar-refractivity contribution in [3.8, 4) is 6.07 Å². The molecule has 1 N–H and O–H groups in total. The Balaban J connectivity index is 2.17. The highest BCUT2D eigenvalue weighted by Crippen LogP contribution is 2.24. The molecule has 0 saturated carbocycles. The number of benzene rings is 1. The first-order valence-electron chi connectivity index (χ1n) is 4.86. The monoisotopic (exact) mass is 340 g/mol. The molecule has 1 aromatic carbocycles. The molecule has 0 radical (unpaired) electrons. The number of nitrogens with one attached hydrogen (secondary N) is 1. The molecule has 0 fully saturated rings. The van der Waals surface area contributed by atoms with Gasteiger partial charge in [0.25, 0.3) is 5.91 Å². The number of rotatable bonds is 2. The van der Waals surface area contributed by atoms with Gasteiger partial charge >= 0.3 is 0 Å². The topological polar surface area (TPSA) is 52.9 Å². The highest BCUT2D eigenvalue weighted by atomic mass is 79.9. The zero-order valence-corrected chi connectivity index (χ0v) is 12.1. The van der Waals surface area contributed by atoms with E-state index in [0.29, 0.717) is 21.2 Å². The number of thiophene rings is 1. The number of hydrogen-bond acceptors (Lipinski definition) is 3. The van der Waals surface area contributed by atoms with Crippen molar-refractivity contribution in [2.24, 2.45) is 0 Å². The Kier molecular flexibility index (Phi) is 4.02. The van der Waals surface area contributed by atoms with E-state index in [9.17, 15) is 4.79 Å². The Labute approximate surface area is 121 Å². The van der Waals surface area contributed by atoms with Gasteiger partial charge in [0, 0.05) is 5.69 Å². The van der Waals surface area contributed by atoms with E-state index in [4.69, 9.17) is 16.9 Å². The molecular weight excluding hydrogens is 336 g/mol. The van der Waals surface area contributed by atoms with Gasteiger partial charge in [0.1, 0.15) is 6.07 Å². The van der Waals surface area contributed by atoms with Crippen LogP contribution in [0.4, 0.5) is 5.69 Å². The standard InChI is InChI=1S/C12H6BrClN2OS/c13-11-4-3-10(18-11)12(17)16-8-2-1-7(6-15)9(14)5-8/h1-5H,(H,16,17). The molecule has 0 bridgehead atoms. The molecule has 6 heteroatoms. The van der Waals surface area contributed by atoms with Crippen LogP contribution < -0.4 is 5.32 Å². The lowest BCUT2D eigenvalue weighted by Crippen LogP contribution is -2.09. The van der Waals surface area contributed by atoms with Crippen LogP contribution in [0, 0.1) is 11.3 Å². The maximum Gasteiger partial charge on any atom is 0.265 e. The predicted octanol–water partition coefficient (Wildman–Crippen LogP) is 4.29. The zero-order valence-electron chi connectivity index (χ0n) is 8.91. The van der Waals surface area contributed by atoms with Crippen LogP contribution >= 0.6 is 38.9 Å². The molecule has 2 aromatic rings. The predicted molar refractivity (Wildman–Crippen MR) is 76.1 cm³/mol. The van der Waals surface area contributed by atoms with Gasteiger partial charge in [-0.3, -0.25) is 4.79 Å². The number of anilines is 1. The first-order valence-corrected chi connectivity index (χ1v) is 6.85. The molecule has 3 nitrogen and oxygen atoms in total. The van der Waals surface area contributed by atoms with Crippen molar-refractivity contribution in [2.75, 3.05) is 5.32 Å². The maximum absolute atomic E-state index is 11.9. The van der Waals surface area contributed by atoms with E-state index < -0.39 is 0 Å². The van der Waals surface area contributed by atoms with Gasteiger partial charge in [-0.05, 0) is 46.3 Å². The second-order valence-electron chi connectivity index (χ2n) is 3.36. The Morgan fingerprint density at radius 3 is 2.72 bits per heavy atom. The lowest BCUT2D eigenvalue weighted by molar-refractivity contribution is 0.103. The van der Waals surface area contributed by atoms with Gasteiger partial charge in [-0.15, -0.1) is 11.3 Å². The lowest BCUT2D eigenvalue weighted by Gasteiger charge is -2.04. The Hall–Kier alpha value is -1.35. The number of carbonyl (C=O) groups excluding carboxylic acids is 1. The third-order valence-corrected chi connectivity index (χ3v) is 4.08. The summed E-state index contributed by atoms with van der Waals surface area (Å²) < 4.78 is 0.894. The van der Waals surface area contributed by atoms with Crippen LogP contribution in [0.25, 0.3) is 0 Å². The van der Waals surface area contributed by atoms with Crippen LogP contribution in [0.2, 0.25) is 5.02 Å². The number of halogens is 2. The molecule has 90 valence electrons. The second kappa shape index (κ2) is 5.53. The van der Waals surface area contributed by atoms with E-state index in [1.807, 2.05) is 12.1 Å². The van der Waals surface area contributed by atoms with Gasteiger partial charge in [-0.25, -0.2) is 0 Å². The van der Waals surface area contributed by atoms with Crippen LogP contribution in [0.5, 0.6) is 0 Å². The fraction of sp³-hybridized carbons (Fsp3) is 0. The molecule has 0 aliphatic rings. The molecule has 0 atom stereocenters.